The zero-order chi connectivity index (χ0) is 14.0. The van der Waals surface area contributed by atoms with E-state index in [1.54, 1.807) is 0 Å². The summed E-state index contributed by atoms with van der Waals surface area (Å²) in [5, 5.41) is 0. The van der Waals surface area contributed by atoms with Crippen LogP contribution in [0.15, 0.2) is 41.4 Å². The number of pyridine rings is 1. The van der Waals surface area contributed by atoms with Crippen LogP contribution in [-0.4, -0.2) is 13.4 Å². The van der Waals surface area contributed by atoms with E-state index in [-0.39, 0.29) is 16.5 Å². The average Bonchev–Trinajstić information content (AvgIpc) is 2.26. The Balaban J connectivity index is 2.24. The first-order chi connectivity index (χ1) is 8.84. The summed E-state index contributed by atoms with van der Waals surface area (Å²) < 4.78 is 52.9. The number of aromatic nitrogens is 1. The largest absolute Gasteiger partial charge is 0.439 e. The van der Waals surface area contributed by atoms with Crippen molar-refractivity contribution in [3.8, 4) is 11.6 Å². The highest BCUT2D eigenvalue weighted by Crippen LogP contribution is 2.23. The van der Waals surface area contributed by atoms with Gasteiger partial charge in [-0.1, -0.05) is 0 Å². The van der Waals surface area contributed by atoms with Gasteiger partial charge in [0.25, 0.3) is 9.05 Å². The average molecular weight is 306 g/mol. The van der Waals surface area contributed by atoms with Gasteiger partial charge in [-0.15, -0.1) is 0 Å². The molecule has 4 nitrogen and oxygen atoms in total. The molecule has 0 atom stereocenters. The fourth-order valence-electron chi connectivity index (χ4n) is 1.28. The third-order valence-electron chi connectivity index (χ3n) is 2.05. The summed E-state index contributed by atoms with van der Waals surface area (Å²) in [6, 6.07) is 5.02. The van der Waals surface area contributed by atoms with Gasteiger partial charge in [0.05, 0.1) is 6.20 Å². The van der Waals surface area contributed by atoms with Gasteiger partial charge in [0.2, 0.25) is 5.88 Å². The van der Waals surface area contributed by atoms with Gasteiger partial charge in [0.15, 0.2) is 0 Å². The number of hydrogen-bond acceptors (Lipinski definition) is 4. The molecular weight excluding hydrogens is 300 g/mol. The SMILES string of the molecule is O=S(=O)(Cl)c1ccc(Oc2cc(F)cc(F)c2)nc1. The number of nitrogens with zero attached hydrogens (tertiary/aromatic N) is 1. The van der Waals surface area contributed by atoms with Gasteiger partial charge in [-0.05, 0) is 6.07 Å². The first-order valence-electron chi connectivity index (χ1n) is 4.89. The van der Waals surface area contributed by atoms with Gasteiger partial charge in [-0.2, -0.15) is 0 Å². The van der Waals surface area contributed by atoms with Gasteiger partial charge in [0, 0.05) is 34.9 Å². The molecule has 0 bridgehead atoms. The lowest BCUT2D eigenvalue weighted by Crippen LogP contribution is -1.94. The standard InChI is InChI=1S/C11H6ClF2NO3S/c12-19(16,17)10-1-2-11(15-6-10)18-9-4-7(13)3-8(14)5-9/h1-6H. The topological polar surface area (TPSA) is 56.3 Å². The number of benzene rings is 1. The van der Waals surface area contributed by atoms with E-state index in [1.807, 2.05) is 0 Å². The highest BCUT2D eigenvalue weighted by molar-refractivity contribution is 8.13. The third-order valence-corrected chi connectivity index (χ3v) is 3.39. The Morgan fingerprint density at radius 1 is 1.11 bits per heavy atom. The Morgan fingerprint density at radius 2 is 1.74 bits per heavy atom. The fraction of sp³-hybridized carbons (Fsp3) is 0. The zero-order valence-corrected chi connectivity index (χ0v) is 10.8. The predicted molar refractivity (Wildman–Crippen MR) is 63.7 cm³/mol. The van der Waals surface area contributed by atoms with Crippen molar-refractivity contribution in [3.63, 3.8) is 0 Å². The van der Waals surface area contributed by atoms with E-state index in [9.17, 15) is 17.2 Å². The lowest BCUT2D eigenvalue weighted by atomic mass is 10.3. The molecule has 0 saturated carbocycles. The van der Waals surface area contributed by atoms with Gasteiger partial charge < -0.3 is 4.74 Å². The first-order valence-corrected chi connectivity index (χ1v) is 7.20. The maximum atomic E-state index is 12.9. The lowest BCUT2D eigenvalue weighted by Gasteiger charge is -2.05. The Morgan fingerprint density at radius 3 is 2.21 bits per heavy atom. The van der Waals surface area contributed by atoms with Crippen molar-refractivity contribution in [3.05, 3.63) is 48.2 Å². The number of hydrogen-bond donors (Lipinski definition) is 0. The van der Waals surface area contributed by atoms with E-state index < -0.39 is 20.7 Å². The second-order valence-corrected chi connectivity index (χ2v) is 6.04. The summed E-state index contributed by atoms with van der Waals surface area (Å²) in [6.07, 6.45) is 0.979. The summed E-state index contributed by atoms with van der Waals surface area (Å²) in [6.45, 7) is 0. The van der Waals surface area contributed by atoms with Crippen LogP contribution in [0, 0.1) is 11.6 Å². The van der Waals surface area contributed by atoms with Crippen molar-refractivity contribution in [1.29, 1.82) is 0 Å². The van der Waals surface area contributed by atoms with Crippen molar-refractivity contribution >= 4 is 19.7 Å². The molecule has 0 N–H and O–H groups in total. The maximum Gasteiger partial charge on any atom is 0.262 e. The zero-order valence-electron chi connectivity index (χ0n) is 9.18. The monoisotopic (exact) mass is 305 g/mol. The molecule has 1 aromatic carbocycles. The maximum absolute atomic E-state index is 12.9. The highest BCUT2D eigenvalue weighted by atomic mass is 35.7. The van der Waals surface area contributed by atoms with Crippen molar-refractivity contribution in [2.75, 3.05) is 0 Å². The molecule has 0 amide bonds. The number of rotatable bonds is 3. The molecule has 100 valence electrons. The molecule has 0 radical (unpaired) electrons. The number of halogens is 3. The summed E-state index contributed by atoms with van der Waals surface area (Å²) in [5.74, 6) is -1.70. The Kier molecular flexibility index (Phi) is 3.68. The third kappa shape index (κ3) is 3.62. The van der Waals surface area contributed by atoms with Crippen LogP contribution in [0.25, 0.3) is 0 Å². The predicted octanol–water partition coefficient (Wildman–Crippen LogP) is 3.08. The van der Waals surface area contributed by atoms with E-state index in [1.165, 1.54) is 12.1 Å². The molecule has 0 aliphatic carbocycles. The molecule has 0 fully saturated rings. The Labute approximate surface area is 112 Å². The summed E-state index contributed by atoms with van der Waals surface area (Å²) in [4.78, 5) is 3.47. The number of ether oxygens (including phenoxy) is 1. The molecule has 2 rings (SSSR count). The smallest absolute Gasteiger partial charge is 0.262 e. The molecule has 0 saturated heterocycles. The second-order valence-electron chi connectivity index (χ2n) is 3.48. The van der Waals surface area contributed by atoms with Crippen molar-refractivity contribution < 1.29 is 21.9 Å². The molecule has 1 heterocycles. The van der Waals surface area contributed by atoms with E-state index >= 15 is 0 Å². The van der Waals surface area contributed by atoms with Crippen molar-refractivity contribution in [2.24, 2.45) is 0 Å². The van der Waals surface area contributed by atoms with Crippen LogP contribution >= 0.6 is 10.7 Å². The van der Waals surface area contributed by atoms with E-state index in [4.69, 9.17) is 15.4 Å². The van der Waals surface area contributed by atoms with Crippen molar-refractivity contribution in [2.45, 2.75) is 4.90 Å². The van der Waals surface area contributed by atoms with E-state index in [2.05, 4.69) is 4.98 Å². The fourth-order valence-corrected chi connectivity index (χ4v) is 1.96. The molecular formula is C11H6ClF2NO3S. The first kappa shape index (κ1) is 13.7. The van der Waals surface area contributed by atoms with E-state index in [0.717, 1.165) is 18.3 Å². The Hall–Kier alpha value is -1.73. The minimum atomic E-state index is -3.87. The second kappa shape index (κ2) is 5.10. The molecule has 0 aliphatic heterocycles. The van der Waals surface area contributed by atoms with Crippen LogP contribution in [0.3, 0.4) is 0 Å². The van der Waals surface area contributed by atoms with Crippen LogP contribution < -0.4 is 4.74 Å². The summed E-state index contributed by atoms with van der Waals surface area (Å²) in [5.41, 5.74) is 0. The molecule has 1 aromatic heterocycles. The molecule has 0 unspecified atom stereocenters. The Bertz CT molecular complexity index is 684. The van der Waals surface area contributed by atoms with Gasteiger partial charge in [-0.3, -0.25) is 0 Å². The van der Waals surface area contributed by atoms with E-state index in [0.29, 0.717) is 6.07 Å². The van der Waals surface area contributed by atoms with Crippen LogP contribution in [0.2, 0.25) is 0 Å². The normalized spacial score (nSPS) is 11.3. The molecule has 2 aromatic rings. The minimum Gasteiger partial charge on any atom is -0.439 e. The minimum absolute atomic E-state index is 0.0194. The van der Waals surface area contributed by atoms with Crippen molar-refractivity contribution in [1.82, 2.24) is 4.98 Å². The van der Waals surface area contributed by atoms with Gasteiger partial charge in [0.1, 0.15) is 22.3 Å². The molecule has 0 spiro atoms. The highest BCUT2D eigenvalue weighted by Gasteiger charge is 2.11. The van der Waals surface area contributed by atoms with Gasteiger partial charge >= 0.3 is 0 Å². The molecule has 8 heteroatoms. The van der Waals surface area contributed by atoms with Gasteiger partial charge in [-0.25, -0.2) is 22.2 Å². The molecule has 0 aliphatic rings. The van der Waals surface area contributed by atoms with Crippen LogP contribution in [0.1, 0.15) is 0 Å². The quantitative estimate of drug-likeness (QED) is 0.818. The molecule has 19 heavy (non-hydrogen) atoms. The summed E-state index contributed by atoms with van der Waals surface area (Å²) in [7, 11) is 1.23. The lowest BCUT2D eigenvalue weighted by molar-refractivity contribution is 0.450. The van der Waals surface area contributed by atoms with Crippen LogP contribution in [0.4, 0.5) is 8.78 Å². The van der Waals surface area contributed by atoms with Crippen LogP contribution in [0.5, 0.6) is 11.6 Å². The van der Waals surface area contributed by atoms with Crippen LogP contribution in [-0.2, 0) is 9.05 Å². The summed E-state index contributed by atoms with van der Waals surface area (Å²) >= 11 is 0.